The Kier molecular flexibility index (Phi) is 4.35. The van der Waals surface area contributed by atoms with Crippen LogP contribution in [0.5, 0.6) is 11.5 Å². The van der Waals surface area contributed by atoms with E-state index >= 15 is 0 Å². The summed E-state index contributed by atoms with van der Waals surface area (Å²) in [5, 5.41) is 17.3. The molecule has 1 fully saturated rings. The van der Waals surface area contributed by atoms with Crippen molar-refractivity contribution in [3.8, 4) is 11.5 Å². The lowest BCUT2D eigenvalue weighted by molar-refractivity contribution is -0.130. The fraction of sp³-hybridized carbons (Fsp3) is 0.400. The number of para-hydroxylation sites is 1. The zero-order chi connectivity index (χ0) is 16.3. The largest absolute Gasteiger partial charge is 0.504 e. The molecule has 0 aromatic heterocycles. The van der Waals surface area contributed by atoms with Crippen molar-refractivity contribution in [3.63, 3.8) is 0 Å². The van der Waals surface area contributed by atoms with Gasteiger partial charge in [-0.15, -0.1) is 5.01 Å². The molecule has 0 radical (unpaired) electrons. The van der Waals surface area contributed by atoms with Gasteiger partial charge >= 0.3 is 6.03 Å². The van der Waals surface area contributed by atoms with Crippen LogP contribution < -0.4 is 10.1 Å². The topological polar surface area (TPSA) is 91.2 Å². The first-order valence-electron chi connectivity index (χ1n) is 7.08. The van der Waals surface area contributed by atoms with Gasteiger partial charge in [0.15, 0.2) is 11.5 Å². The molecule has 1 aromatic carbocycles. The van der Waals surface area contributed by atoms with E-state index in [0.717, 1.165) is 5.01 Å². The number of benzene rings is 1. The Balaban J connectivity index is 2.24. The van der Waals surface area contributed by atoms with Gasteiger partial charge in [-0.25, -0.2) is 4.79 Å². The number of carbonyl (C=O) groups is 2. The van der Waals surface area contributed by atoms with Crippen LogP contribution in [0.4, 0.5) is 4.79 Å². The number of phenols is 1. The van der Waals surface area contributed by atoms with E-state index in [1.54, 1.807) is 32.0 Å². The van der Waals surface area contributed by atoms with Crippen molar-refractivity contribution in [2.24, 2.45) is 5.10 Å². The van der Waals surface area contributed by atoms with Crippen LogP contribution in [0.25, 0.3) is 0 Å². The zero-order valence-corrected chi connectivity index (χ0v) is 12.8. The monoisotopic (exact) mass is 305 g/mol. The van der Waals surface area contributed by atoms with E-state index < -0.39 is 17.5 Å². The Morgan fingerprint density at radius 3 is 2.73 bits per heavy atom. The van der Waals surface area contributed by atoms with Crippen LogP contribution in [-0.4, -0.2) is 40.4 Å². The van der Waals surface area contributed by atoms with Crippen LogP contribution >= 0.6 is 0 Å². The van der Waals surface area contributed by atoms with Gasteiger partial charge in [0.05, 0.1) is 12.8 Å². The molecule has 0 aliphatic carbocycles. The van der Waals surface area contributed by atoms with Crippen molar-refractivity contribution in [2.75, 3.05) is 6.61 Å². The second-order valence-electron chi connectivity index (χ2n) is 5.10. The average Bonchev–Trinajstić information content (AvgIpc) is 2.71. The highest BCUT2D eigenvalue weighted by Crippen LogP contribution is 2.29. The van der Waals surface area contributed by atoms with E-state index in [9.17, 15) is 14.7 Å². The van der Waals surface area contributed by atoms with Crippen molar-refractivity contribution < 1.29 is 19.4 Å². The number of urea groups is 1. The molecular weight excluding hydrogens is 286 g/mol. The van der Waals surface area contributed by atoms with Gasteiger partial charge in [-0.2, -0.15) is 5.10 Å². The number of ether oxygens (including phenoxy) is 1. The van der Waals surface area contributed by atoms with Gasteiger partial charge in [0, 0.05) is 5.56 Å². The third-order valence-electron chi connectivity index (χ3n) is 3.59. The highest BCUT2D eigenvalue weighted by molar-refractivity contribution is 6.07. The van der Waals surface area contributed by atoms with Crippen LogP contribution in [0.15, 0.2) is 23.3 Å². The summed E-state index contributed by atoms with van der Waals surface area (Å²) < 4.78 is 5.27. The smallest absolute Gasteiger partial charge is 0.346 e. The minimum Gasteiger partial charge on any atom is -0.504 e. The van der Waals surface area contributed by atoms with Gasteiger partial charge in [-0.05, 0) is 32.4 Å². The van der Waals surface area contributed by atoms with Gasteiger partial charge < -0.3 is 15.2 Å². The summed E-state index contributed by atoms with van der Waals surface area (Å²) in [5.41, 5.74) is -0.583. The SMILES string of the molecule is CCOc1cccc(/C=N/N2C(=O)N[C@](C)(CC)C2=O)c1O. The fourth-order valence-corrected chi connectivity index (χ4v) is 2.05. The van der Waals surface area contributed by atoms with E-state index in [4.69, 9.17) is 4.74 Å². The van der Waals surface area contributed by atoms with E-state index in [1.165, 1.54) is 6.21 Å². The number of imide groups is 1. The zero-order valence-electron chi connectivity index (χ0n) is 12.8. The number of nitrogens with one attached hydrogen (secondary N) is 1. The summed E-state index contributed by atoms with van der Waals surface area (Å²) >= 11 is 0. The van der Waals surface area contributed by atoms with Crippen LogP contribution in [0.2, 0.25) is 0 Å². The quantitative estimate of drug-likeness (QED) is 0.641. The fourth-order valence-electron chi connectivity index (χ4n) is 2.05. The van der Waals surface area contributed by atoms with Crippen LogP contribution in [0.1, 0.15) is 32.8 Å². The molecule has 0 bridgehead atoms. The molecule has 0 saturated carbocycles. The first-order chi connectivity index (χ1) is 10.4. The Morgan fingerprint density at radius 2 is 2.14 bits per heavy atom. The summed E-state index contributed by atoms with van der Waals surface area (Å²) in [6.45, 7) is 5.67. The first-order valence-corrected chi connectivity index (χ1v) is 7.08. The second-order valence-corrected chi connectivity index (χ2v) is 5.10. The maximum absolute atomic E-state index is 12.2. The summed E-state index contributed by atoms with van der Waals surface area (Å²) in [4.78, 5) is 24.0. The molecule has 0 spiro atoms. The number of amides is 3. The third kappa shape index (κ3) is 2.74. The van der Waals surface area contributed by atoms with Gasteiger partial charge in [0.25, 0.3) is 5.91 Å². The van der Waals surface area contributed by atoms with Crippen LogP contribution in [0.3, 0.4) is 0 Å². The predicted octanol–water partition coefficient (Wildman–Crippen LogP) is 1.85. The maximum Gasteiger partial charge on any atom is 0.346 e. The summed E-state index contributed by atoms with van der Waals surface area (Å²) in [6, 6.07) is 4.34. The molecule has 1 aliphatic rings. The van der Waals surface area contributed by atoms with Crippen molar-refractivity contribution in [1.82, 2.24) is 10.3 Å². The lowest BCUT2D eigenvalue weighted by atomic mass is 10.00. The van der Waals surface area contributed by atoms with Crippen molar-refractivity contribution in [3.05, 3.63) is 23.8 Å². The Morgan fingerprint density at radius 1 is 1.41 bits per heavy atom. The molecule has 1 aromatic rings. The summed E-state index contributed by atoms with van der Waals surface area (Å²) in [7, 11) is 0. The van der Waals surface area contributed by atoms with Gasteiger partial charge in [0.2, 0.25) is 0 Å². The molecule has 2 N–H and O–H groups in total. The minimum atomic E-state index is -0.941. The molecule has 1 saturated heterocycles. The second kappa shape index (κ2) is 6.05. The van der Waals surface area contributed by atoms with Gasteiger partial charge in [-0.1, -0.05) is 13.0 Å². The van der Waals surface area contributed by atoms with E-state index in [-0.39, 0.29) is 5.75 Å². The lowest BCUT2D eigenvalue weighted by Crippen LogP contribution is -2.42. The molecule has 7 nitrogen and oxygen atoms in total. The van der Waals surface area contributed by atoms with E-state index in [0.29, 0.717) is 24.3 Å². The van der Waals surface area contributed by atoms with Crippen LogP contribution in [-0.2, 0) is 4.79 Å². The summed E-state index contributed by atoms with van der Waals surface area (Å²) in [5.74, 6) is -0.183. The van der Waals surface area contributed by atoms with E-state index in [2.05, 4.69) is 10.4 Å². The Bertz CT molecular complexity index is 629. The van der Waals surface area contributed by atoms with E-state index in [1.807, 2.05) is 6.92 Å². The Hall–Kier alpha value is -2.57. The number of phenolic OH excluding ortho intramolecular Hbond substituents is 1. The molecule has 3 amide bonds. The minimum absolute atomic E-state index is 0.0848. The number of aromatic hydroxyl groups is 1. The lowest BCUT2D eigenvalue weighted by Gasteiger charge is -2.17. The number of nitrogens with zero attached hydrogens (tertiary/aromatic N) is 2. The molecular formula is C15H19N3O4. The standard InChI is InChI=1S/C15H19N3O4/c1-4-15(3)13(20)18(14(21)17-15)16-9-10-7-6-8-11(12(10)19)22-5-2/h6-9,19H,4-5H2,1-3H3,(H,17,21)/b16-9+/t15-/m1/s1. The molecule has 7 heteroatoms. The first kappa shape index (κ1) is 15.8. The number of rotatable bonds is 5. The molecule has 1 atom stereocenters. The van der Waals surface area contributed by atoms with Gasteiger partial charge in [0.1, 0.15) is 5.54 Å². The number of hydrogen-bond acceptors (Lipinski definition) is 5. The highest BCUT2D eigenvalue weighted by atomic mass is 16.5. The third-order valence-corrected chi connectivity index (χ3v) is 3.59. The van der Waals surface area contributed by atoms with Crippen molar-refractivity contribution in [2.45, 2.75) is 32.7 Å². The molecule has 1 aliphatic heterocycles. The molecule has 0 unspecified atom stereocenters. The average molecular weight is 305 g/mol. The normalized spacial score (nSPS) is 21.5. The number of carbonyl (C=O) groups excluding carboxylic acids is 2. The molecule has 2 rings (SSSR count). The van der Waals surface area contributed by atoms with Crippen LogP contribution in [0, 0.1) is 0 Å². The molecule has 22 heavy (non-hydrogen) atoms. The number of hydrazone groups is 1. The maximum atomic E-state index is 12.2. The predicted molar refractivity (Wildman–Crippen MR) is 80.9 cm³/mol. The highest BCUT2D eigenvalue weighted by Gasteiger charge is 2.46. The Labute approximate surface area is 128 Å². The molecule has 118 valence electrons. The van der Waals surface area contributed by atoms with Crippen molar-refractivity contribution >= 4 is 18.2 Å². The molecule has 1 heterocycles. The van der Waals surface area contributed by atoms with Crippen molar-refractivity contribution in [1.29, 1.82) is 0 Å². The van der Waals surface area contributed by atoms with Gasteiger partial charge in [-0.3, -0.25) is 4.79 Å². The number of hydrogen-bond donors (Lipinski definition) is 2. The summed E-state index contributed by atoms with van der Waals surface area (Å²) in [6.07, 6.45) is 1.73.